The summed E-state index contributed by atoms with van der Waals surface area (Å²) < 4.78 is 6.16. The van der Waals surface area contributed by atoms with Crippen LogP contribution in [-0.4, -0.2) is 58.9 Å². The highest BCUT2D eigenvalue weighted by Crippen LogP contribution is 2.41. The number of rotatable bonds is 5. The third-order valence-corrected chi connectivity index (χ3v) is 7.84. The van der Waals surface area contributed by atoms with Crippen LogP contribution in [0.5, 0.6) is 5.75 Å². The Kier molecular flexibility index (Phi) is 6.37. The lowest BCUT2D eigenvalue weighted by atomic mass is 9.87. The highest BCUT2D eigenvalue weighted by atomic mass is 32.2. The van der Waals surface area contributed by atoms with Crippen LogP contribution in [0.25, 0.3) is 0 Å². The fraction of sp³-hybridized carbons (Fsp3) is 0.481. The lowest BCUT2D eigenvalue weighted by molar-refractivity contribution is -0.137. The molecule has 5 rings (SSSR count). The second kappa shape index (κ2) is 9.41. The zero-order valence-electron chi connectivity index (χ0n) is 19.5. The van der Waals surface area contributed by atoms with Gasteiger partial charge in [0.2, 0.25) is 5.91 Å². The van der Waals surface area contributed by atoms with Gasteiger partial charge < -0.3 is 14.5 Å². The Morgan fingerprint density at radius 1 is 1.06 bits per heavy atom. The highest BCUT2D eigenvalue weighted by molar-refractivity contribution is 7.99. The van der Waals surface area contributed by atoms with E-state index >= 15 is 0 Å². The second-order valence-corrected chi connectivity index (χ2v) is 10.7. The molecule has 0 radical (unpaired) electrons. The molecule has 6 heteroatoms. The number of ether oxygens (including phenoxy) is 1. The molecule has 0 spiro atoms. The fourth-order valence-corrected chi connectivity index (χ4v) is 5.87. The van der Waals surface area contributed by atoms with Crippen LogP contribution in [0.4, 0.5) is 0 Å². The number of thioether (sulfide) groups is 1. The number of fused-ring (bicyclic) bond motifs is 1. The zero-order chi connectivity index (χ0) is 22.9. The molecule has 0 bridgehead atoms. The van der Waals surface area contributed by atoms with Gasteiger partial charge in [-0.1, -0.05) is 35.9 Å². The molecule has 174 valence electrons. The Labute approximate surface area is 200 Å². The molecular formula is C27H32N2O3S. The molecular weight excluding hydrogens is 432 g/mol. The summed E-state index contributed by atoms with van der Waals surface area (Å²) in [5.41, 5.74) is 4.69. The molecule has 2 aromatic rings. The number of nitrogens with zero attached hydrogens (tertiary/aromatic N) is 2. The predicted molar refractivity (Wildman–Crippen MR) is 132 cm³/mol. The van der Waals surface area contributed by atoms with Crippen LogP contribution >= 0.6 is 11.8 Å². The predicted octanol–water partition coefficient (Wildman–Crippen LogP) is 4.22. The third-order valence-electron chi connectivity index (χ3n) is 6.90. The minimum atomic E-state index is -0.531. The largest absolute Gasteiger partial charge is 0.481 e. The number of aryl methyl sites for hydroxylation is 1. The van der Waals surface area contributed by atoms with Gasteiger partial charge in [0.25, 0.3) is 5.91 Å². The number of amides is 2. The standard InChI is InChI=1S/C27H32N2O3S/c1-18-4-3-5-22(16-18)25-24-17-23(32-19(2)26(30)28-12-14-33-15-13-28)9-8-20(24)10-11-29(25)27(31)21-6-7-21/h3-5,8-9,16-17,19,21,25H,6-7,10-15H2,1-2H3/t19-,25+/m0/s1. The average molecular weight is 465 g/mol. The van der Waals surface area contributed by atoms with Gasteiger partial charge in [0.1, 0.15) is 5.75 Å². The Bertz CT molecular complexity index is 1050. The van der Waals surface area contributed by atoms with Crippen LogP contribution in [-0.2, 0) is 16.0 Å². The van der Waals surface area contributed by atoms with Crippen molar-refractivity contribution in [3.8, 4) is 5.75 Å². The topological polar surface area (TPSA) is 49.9 Å². The van der Waals surface area contributed by atoms with E-state index in [1.54, 1.807) is 0 Å². The maximum absolute atomic E-state index is 13.2. The zero-order valence-corrected chi connectivity index (χ0v) is 20.3. The summed E-state index contributed by atoms with van der Waals surface area (Å²) in [6.45, 7) is 6.24. The molecule has 2 aromatic carbocycles. The number of benzene rings is 2. The molecule has 5 nitrogen and oxygen atoms in total. The molecule has 2 amide bonds. The summed E-state index contributed by atoms with van der Waals surface area (Å²) in [6.07, 6.45) is 2.31. The quantitative estimate of drug-likeness (QED) is 0.665. The van der Waals surface area contributed by atoms with E-state index in [1.165, 1.54) is 11.1 Å². The maximum Gasteiger partial charge on any atom is 0.263 e. The number of hydrogen-bond donors (Lipinski definition) is 0. The number of carbonyl (C=O) groups is 2. The second-order valence-electron chi connectivity index (χ2n) is 9.43. The van der Waals surface area contributed by atoms with E-state index in [1.807, 2.05) is 29.7 Å². The maximum atomic E-state index is 13.2. The van der Waals surface area contributed by atoms with Gasteiger partial charge in [0.15, 0.2) is 6.10 Å². The van der Waals surface area contributed by atoms with Crippen molar-refractivity contribution in [3.05, 3.63) is 64.7 Å². The first-order chi connectivity index (χ1) is 16.0. The molecule has 2 fully saturated rings. The van der Waals surface area contributed by atoms with Gasteiger partial charge in [-0.15, -0.1) is 0 Å². The van der Waals surface area contributed by atoms with Gasteiger partial charge >= 0.3 is 0 Å². The molecule has 0 unspecified atom stereocenters. The minimum Gasteiger partial charge on any atom is -0.481 e. The van der Waals surface area contributed by atoms with Crippen LogP contribution < -0.4 is 4.74 Å². The van der Waals surface area contributed by atoms with Crippen molar-refractivity contribution in [1.82, 2.24) is 9.80 Å². The summed E-state index contributed by atoms with van der Waals surface area (Å²) in [5.74, 6) is 3.16. The first kappa shape index (κ1) is 22.3. The molecule has 2 atom stereocenters. The van der Waals surface area contributed by atoms with Crippen molar-refractivity contribution in [2.24, 2.45) is 5.92 Å². The summed E-state index contributed by atoms with van der Waals surface area (Å²) in [4.78, 5) is 30.1. The normalized spacial score (nSPS) is 21.3. The van der Waals surface area contributed by atoms with E-state index in [9.17, 15) is 9.59 Å². The van der Waals surface area contributed by atoms with Crippen molar-refractivity contribution in [2.75, 3.05) is 31.1 Å². The number of carbonyl (C=O) groups excluding carboxylic acids is 2. The molecule has 2 heterocycles. The minimum absolute atomic E-state index is 0.0498. The molecule has 3 aliphatic rings. The lowest BCUT2D eigenvalue weighted by Crippen LogP contribution is -2.44. The summed E-state index contributed by atoms with van der Waals surface area (Å²) in [6, 6.07) is 14.5. The molecule has 0 aromatic heterocycles. The van der Waals surface area contributed by atoms with Gasteiger partial charge in [0.05, 0.1) is 6.04 Å². The van der Waals surface area contributed by atoms with Crippen molar-refractivity contribution in [3.63, 3.8) is 0 Å². The van der Waals surface area contributed by atoms with Crippen LogP contribution in [0.3, 0.4) is 0 Å². The summed E-state index contributed by atoms with van der Waals surface area (Å²) in [7, 11) is 0. The van der Waals surface area contributed by atoms with E-state index in [0.717, 1.165) is 61.5 Å². The Hall–Kier alpha value is -2.47. The van der Waals surface area contributed by atoms with Crippen LogP contribution in [0, 0.1) is 12.8 Å². The smallest absolute Gasteiger partial charge is 0.263 e. The van der Waals surface area contributed by atoms with Crippen molar-refractivity contribution in [1.29, 1.82) is 0 Å². The molecule has 33 heavy (non-hydrogen) atoms. The van der Waals surface area contributed by atoms with Crippen molar-refractivity contribution >= 4 is 23.6 Å². The van der Waals surface area contributed by atoms with E-state index < -0.39 is 6.10 Å². The molecule has 1 aliphatic carbocycles. The Balaban J connectivity index is 1.44. The van der Waals surface area contributed by atoms with Gasteiger partial charge in [-0.2, -0.15) is 11.8 Å². The van der Waals surface area contributed by atoms with Crippen LogP contribution in [0.1, 0.15) is 48.1 Å². The lowest BCUT2D eigenvalue weighted by Gasteiger charge is -2.38. The summed E-state index contributed by atoms with van der Waals surface area (Å²) in [5, 5.41) is 0. The first-order valence-corrected chi connectivity index (χ1v) is 13.2. The molecule has 2 aliphatic heterocycles. The third kappa shape index (κ3) is 4.77. The van der Waals surface area contributed by atoms with E-state index in [2.05, 4.69) is 48.2 Å². The first-order valence-electron chi connectivity index (χ1n) is 12.0. The number of hydrogen-bond acceptors (Lipinski definition) is 4. The van der Waals surface area contributed by atoms with Crippen molar-refractivity contribution < 1.29 is 14.3 Å². The monoisotopic (exact) mass is 464 g/mol. The van der Waals surface area contributed by atoms with E-state index in [4.69, 9.17) is 4.74 Å². The molecule has 0 N–H and O–H groups in total. The van der Waals surface area contributed by atoms with Gasteiger partial charge in [0, 0.05) is 37.1 Å². The molecule has 1 saturated heterocycles. The van der Waals surface area contributed by atoms with Crippen LogP contribution in [0.15, 0.2) is 42.5 Å². The van der Waals surface area contributed by atoms with Gasteiger partial charge in [-0.05, 0) is 61.9 Å². The van der Waals surface area contributed by atoms with E-state index in [0.29, 0.717) is 5.75 Å². The SMILES string of the molecule is Cc1cccc([C@@H]2c3cc(O[C@@H](C)C(=O)N4CCSCC4)ccc3CCN2C(=O)C2CC2)c1. The molecule has 1 saturated carbocycles. The average Bonchev–Trinajstić information content (AvgIpc) is 3.68. The fourth-order valence-electron chi connectivity index (χ4n) is 4.96. The Morgan fingerprint density at radius 2 is 1.85 bits per heavy atom. The highest BCUT2D eigenvalue weighted by Gasteiger charge is 2.39. The van der Waals surface area contributed by atoms with Crippen LogP contribution in [0.2, 0.25) is 0 Å². The van der Waals surface area contributed by atoms with Gasteiger partial charge in [-0.25, -0.2) is 0 Å². The van der Waals surface area contributed by atoms with E-state index in [-0.39, 0.29) is 23.8 Å². The summed E-state index contributed by atoms with van der Waals surface area (Å²) >= 11 is 1.89. The van der Waals surface area contributed by atoms with Crippen molar-refractivity contribution in [2.45, 2.75) is 45.3 Å². The van der Waals surface area contributed by atoms with Gasteiger partial charge in [-0.3, -0.25) is 9.59 Å². The Morgan fingerprint density at radius 3 is 2.58 bits per heavy atom.